The van der Waals surface area contributed by atoms with Crippen molar-refractivity contribution in [2.75, 3.05) is 12.0 Å². The molecule has 3 aromatic carbocycles. The van der Waals surface area contributed by atoms with Gasteiger partial charge in [-0.05, 0) is 35.9 Å². The number of nitrogens with one attached hydrogen (secondary N) is 1. The molecule has 1 aliphatic heterocycles. The van der Waals surface area contributed by atoms with Gasteiger partial charge in [0, 0.05) is 17.0 Å². The van der Waals surface area contributed by atoms with Crippen LogP contribution < -0.4 is 15.0 Å². The number of nitrogens with zero attached hydrogens (tertiary/aromatic N) is 1. The third kappa shape index (κ3) is 5.03. The first-order valence-electron chi connectivity index (χ1n) is 10.7. The predicted octanol–water partition coefficient (Wildman–Crippen LogP) is 4.79. The van der Waals surface area contributed by atoms with E-state index in [-0.39, 0.29) is 17.6 Å². The summed E-state index contributed by atoms with van der Waals surface area (Å²) < 4.78 is 18.7. The van der Waals surface area contributed by atoms with E-state index in [9.17, 15) is 14.0 Å². The number of fused-ring (bicyclic) bond motifs is 1. The topological polar surface area (TPSA) is 58.6 Å². The van der Waals surface area contributed by atoms with E-state index in [1.54, 1.807) is 31.1 Å². The summed E-state index contributed by atoms with van der Waals surface area (Å²) in [6.45, 7) is 2.40. The van der Waals surface area contributed by atoms with Gasteiger partial charge in [-0.15, -0.1) is 11.8 Å². The van der Waals surface area contributed by atoms with Crippen molar-refractivity contribution in [2.45, 2.75) is 30.2 Å². The van der Waals surface area contributed by atoms with E-state index in [2.05, 4.69) is 5.32 Å². The van der Waals surface area contributed by atoms with Crippen LogP contribution in [0.3, 0.4) is 0 Å². The van der Waals surface area contributed by atoms with Crippen molar-refractivity contribution in [3.05, 3.63) is 89.7 Å². The van der Waals surface area contributed by atoms with E-state index >= 15 is 0 Å². The Morgan fingerprint density at radius 2 is 1.79 bits per heavy atom. The van der Waals surface area contributed by atoms with Crippen molar-refractivity contribution in [3.63, 3.8) is 0 Å². The number of hydrogen-bond donors (Lipinski definition) is 1. The summed E-state index contributed by atoms with van der Waals surface area (Å²) in [4.78, 5) is 29.1. The Labute approximate surface area is 196 Å². The second-order valence-electron chi connectivity index (χ2n) is 7.88. The molecular weight excluding hydrogens is 439 g/mol. The molecule has 1 heterocycles. The molecule has 170 valence electrons. The molecule has 7 heteroatoms. The Balaban J connectivity index is 1.52. The van der Waals surface area contributed by atoms with Gasteiger partial charge in [-0.3, -0.25) is 9.59 Å². The zero-order chi connectivity index (χ0) is 23.4. The van der Waals surface area contributed by atoms with Gasteiger partial charge in [0.05, 0.1) is 25.3 Å². The first-order chi connectivity index (χ1) is 16.0. The number of ether oxygens (including phenoxy) is 1. The molecule has 0 saturated heterocycles. The highest BCUT2D eigenvalue weighted by Crippen LogP contribution is 2.42. The van der Waals surface area contributed by atoms with Gasteiger partial charge in [0.25, 0.3) is 0 Å². The second kappa shape index (κ2) is 10.1. The molecule has 2 atom stereocenters. The van der Waals surface area contributed by atoms with E-state index in [1.807, 2.05) is 48.5 Å². The first-order valence-corrected chi connectivity index (χ1v) is 11.6. The minimum Gasteiger partial charge on any atom is -0.496 e. The van der Waals surface area contributed by atoms with Crippen molar-refractivity contribution in [3.8, 4) is 5.75 Å². The fraction of sp³-hybridized carbons (Fsp3) is 0.231. The molecular formula is C26H25FN2O3S. The van der Waals surface area contributed by atoms with Crippen molar-refractivity contribution in [1.29, 1.82) is 0 Å². The SMILES string of the molecule is COc1ccccc1CNC(=O)[C@H](C)[C@@H]1Sc2ccccc2N(Cc2ccc(F)cc2)C1=O. The second-order valence-corrected chi connectivity index (χ2v) is 9.06. The first kappa shape index (κ1) is 22.9. The van der Waals surface area contributed by atoms with Gasteiger partial charge in [0.2, 0.25) is 11.8 Å². The normalized spacial score (nSPS) is 16.2. The highest BCUT2D eigenvalue weighted by molar-refractivity contribution is 8.01. The van der Waals surface area contributed by atoms with Gasteiger partial charge >= 0.3 is 0 Å². The monoisotopic (exact) mass is 464 g/mol. The highest BCUT2D eigenvalue weighted by atomic mass is 32.2. The van der Waals surface area contributed by atoms with E-state index < -0.39 is 11.2 Å². The summed E-state index contributed by atoms with van der Waals surface area (Å²) in [7, 11) is 1.59. The minimum atomic E-state index is -0.571. The lowest BCUT2D eigenvalue weighted by atomic mass is 10.0. The molecule has 0 saturated carbocycles. The smallest absolute Gasteiger partial charge is 0.241 e. The van der Waals surface area contributed by atoms with E-state index in [1.165, 1.54) is 23.9 Å². The van der Waals surface area contributed by atoms with Crippen molar-refractivity contribution >= 4 is 29.3 Å². The predicted molar refractivity (Wildman–Crippen MR) is 128 cm³/mol. The van der Waals surface area contributed by atoms with Crippen LogP contribution in [0.15, 0.2) is 77.7 Å². The number of halogens is 1. The van der Waals surface area contributed by atoms with Gasteiger partial charge in [0.15, 0.2) is 0 Å². The molecule has 0 aliphatic carbocycles. The van der Waals surface area contributed by atoms with Crippen molar-refractivity contribution in [1.82, 2.24) is 5.32 Å². The minimum absolute atomic E-state index is 0.136. The average Bonchev–Trinajstić information content (AvgIpc) is 2.85. The summed E-state index contributed by atoms with van der Waals surface area (Å²) in [6.07, 6.45) is 0. The Morgan fingerprint density at radius 1 is 1.09 bits per heavy atom. The third-order valence-corrected chi connectivity index (χ3v) is 7.15. The number of rotatable bonds is 7. The number of carbonyl (C=O) groups is 2. The number of hydrogen-bond acceptors (Lipinski definition) is 4. The van der Waals surface area contributed by atoms with E-state index in [4.69, 9.17) is 4.74 Å². The maximum atomic E-state index is 13.5. The van der Waals surface area contributed by atoms with Gasteiger partial charge in [0.1, 0.15) is 16.8 Å². The molecule has 33 heavy (non-hydrogen) atoms. The van der Waals surface area contributed by atoms with E-state index in [0.717, 1.165) is 21.7 Å². The molecule has 0 fully saturated rings. The molecule has 0 bridgehead atoms. The van der Waals surface area contributed by atoms with Gasteiger partial charge < -0.3 is 15.0 Å². The molecule has 5 nitrogen and oxygen atoms in total. The number of benzene rings is 3. The summed E-state index contributed by atoms with van der Waals surface area (Å²) in [5.41, 5.74) is 2.49. The number of amides is 2. The molecule has 0 radical (unpaired) electrons. The van der Waals surface area contributed by atoms with Crippen LogP contribution in [-0.4, -0.2) is 24.2 Å². The maximum Gasteiger partial charge on any atom is 0.241 e. The summed E-state index contributed by atoms with van der Waals surface area (Å²) in [5, 5.41) is 2.37. The van der Waals surface area contributed by atoms with Crippen LogP contribution in [0.2, 0.25) is 0 Å². The third-order valence-electron chi connectivity index (χ3n) is 5.69. The summed E-state index contributed by atoms with van der Waals surface area (Å²) in [5.74, 6) is -0.511. The van der Waals surface area contributed by atoms with Gasteiger partial charge in [-0.1, -0.05) is 49.4 Å². The van der Waals surface area contributed by atoms with Crippen LogP contribution >= 0.6 is 11.8 Å². The van der Waals surface area contributed by atoms with E-state index in [0.29, 0.717) is 18.8 Å². The molecule has 4 rings (SSSR count). The Kier molecular flexibility index (Phi) is 6.99. The number of anilines is 1. The largest absolute Gasteiger partial charge is 0.496 e. The zero-order valence-electron chi connectivity index (χ0n) is 18.5. The fourth-order valence-electron chi connectivity index (χ4n) is 3.82. The lowest BCUT2D eigenvalue weighted by Crippen LogP contribution is -2.47. The van der Waals surface area contributed by atoms with Crippen LogP contribution in [0.1, 0.15) is 18.1 Å². The lowest BCUT2D eigenvalue weighted by molar-refractivity contribution is -0.128. The molecule has 3 aromatic rings. The van der Waals surface area contributed by atoms with Crippen LogP contribution in [0, 0.1) is 11.7 Å². The zero-order valence-corrected chi connectivity index (χ0v) is 19.3. The standard InChI is InChI=1S/C26H25FN2O3S/c1-17(25(30)28-15-19-7-3-5-9-22(19)32-2)24-26(31)29(16-18-11-13-20(27)14-12-18)21-8-4-6-10-23(21)33-24/h3-14,17,24H,15-16H2,1-2H3,(H,28,30)/t17-,24+/m1/s1. The van der Waals surface area contributed by atoms with Crippen LogP contribution in [0.5, 0.6) is 5.75 Å². The van der Waals surface area contributed by atoms with Crippen molar-refractivity contribution in [2.24, 2.45) is 5.92 Å². The molecule has 0 aromatic heterocycles. The Bertz CT molecular complexity index is 1150. The lowest BCUT2D eigenvalue weighted by Gasteiger charge is -2.35. The molecule has 1 N–H and O–H groups in total. The fourth-order valence-corrected chi connectivity index (χ4v) is 5.11. The molecule has 0 spiro atoms. The van der Waals surface area contributed by atoms with Crippen LogP contribution in [0.25, 0.3) is 0 Å². The maximum absolute atomic E-state index is 13.5. The molecule has 1 aliphatic rings. The number of carbonyl (C=O) groups excluding carboxylic acids is 2. The molecule has 2 amide bonds. The number of methoxy groups -OCH3 is 1. The Morgan fingerprint density at radius 3 is 2.55 bits per heavy atom. The van der Waals surface area contributed by atoms with Crippen molar-refractivity contribution < 1.29 is 18.7 Å². The van der Waals surface area contributed by atoms with Crippen LogP contribution in [-0.2, 0) is 22.7 Å². The van der Waals surface area contributed by atoms with Gasteiger partial charge in [-0.2, -0.15) is 0 Å². The number of para-hydroxylation sites is 2. The quantitative estimate of drug-likeness (QED) is 0.546. The highest BCUT2D eigenvalue weighted by Gasteiger charge is 2.39. The molecule has 0 unspecified atom stereocenters. The van der Waals surface area contributed by atoms with Gasteiger partial charge in [-0.25, -0.2) is 4.39 Å². The summed E-state index contributed by atoms with van der Waals surface area (Å²) in [6, 6.07) is 21.3. The Hall–Kier alpha value is -3.32. The van der Waals surface area contributed by atoms with Crippen LogP contribution in [0.4, 0.5) is 10.1 Å². The average molecular weight is 465 g/mol. The number of thioether (sulfide) groups is 1. The summed E-state index contributed by atoms with van der Waals surface area (Å²) >= 11 is 1.41.